The van der Waals surface area contributed by atoms with E-state index in [1.165, 1.54) is 6.33 Å². The summed E-state index contributed by atoms with van der Waals surface area (Å²) < 4.78 is 7.26. The second-order valence-corrected chi connectivity index (χ2v) is 5.31. The van der Waals surface area contributed by atoms with Crippen molar-refractivity contribution in [3.8, 4) is 0 Å². The number of fused-ring (bicyclic) bond motifs is 1. The predicted octanol–water partition coefficient (Wildman–Crippen LogP) is -1.88. The van der Waals surface area contributed by atoms with Gasteiger partial charge in [0.2, 0.25) is 0 Å². The van der Waals surface area contributed by atoms with Crippen molar-refractivity contribution in [2.45, 2.75) is 30.6 Å². The smallest absolute Gasteiger partial charge is 0.167 e. The third-order valence-electron chi connectivity index (χ3n) is 3.35. The van der Waals surface area contributed by atoms with Gasteiger partial charge in [-0.1, -0.05) is 0 Å². The molecule has 23 heavy (non-hydrogen) atoms. The van der Waals surface area contributed by atoms with Crippen molar-refractivity contribution < 1.29 is 14.9 Å². The number of nitrogen functional groups attached to an aromatic ring is 1. The molecule has 2 aromatic heterocycles. The molecule has 3 heterocycles. The van der Waals surface area contributed by atoms with Crippen molar-refractivity contribution in [2.75, 3.05) is 12.3 Å². The molecule has 2 aromatic rings. The van der Waals surface area contributed by atoms with Gasteiger partial charge in [-0.15, -0.1) is 0 Å². The van der Waals surface area contributed by atoms with Gasteiger partial charge in [-0.05, 0) is 6.92 Å². The molecule has 1 aliphatic rings. The van der Waals surface area contributed by atoms with E-state index in [0.29, 0.717) is 22.8 Å². The zero-order valence-electron chi connectivity index (χ0n) is 13.7. The largest absolute Gasteiger partial charge is 0.394 e. The van der Waals surface area contributed by atoms with E-state index in [4.69, 9.17) is 10.5 Å². The minimum Gasteiger partial charge on any atom is -0.394 e. The second-order valence-electron chi connectivity index (χ2n) is 4.71. The summed E-state index contributed by atoms with van der Waals surface area (Å²) in [5.41, 5.74) is 6.80. The topological polar surface area (TPSA) is 119 Å². The van der Waals surface area contributed by atoms with Crippen LogP contribution in [0, 0.1) is 6.92 Å². The van der Waals surface area contributed by atoms with Gasteiger partial charge >= 0.3 is 0 Å². The third-order valence-corrected chi connectivity index (χ3v) is 3.91. The van der Waals surface area contributed by atoms with Crippen LogP contribution in [0.3, 0.4) is 0 Å². The molecule has 8 nitrogen and oxygen atoms in total. The van der Waals surface area contributed by atoms with E-state index in [-0.39, 0.29) is 95.3 Å². The first kappa shape index (κ1) is 24.6. The Morgan fingerprint density at radius 3 is 2.57 bits per heavy atom. The van der Waals surface area contributed by atoms with E-state index in [1.807, 2.05) is 0 Å². The number of hydrogen-bond acceptors (Lipinski definition) is 8. The van der Waals surface area contributed by atoms with Crippen LogP contribution in [-0.4, -0.2) is 142 Å². The fraction of sp³-hybridized carbons (Fsp3) is 0.545. The first-order valence-electron chi connectivity index (χ1n) is 6.12. The maximum atomic E-state index is 9.96. The molecule has 0 aliphatic carbocycles. The molecule has 0 spiro atoms. The molecule has 0 amide bonds. The summed E-state index contributed by atoms with van der Waals surface area (Å²) in [7, 11) is 0. The number of aliphatic hydroxyl groups excluding tert-OH is 2. The third kappa shape index (κ3) is 4.65. The van der Waals surface area contributed by atoms with E-state index in [1.54, 1.807) is 11.5 Å². The normalized spacial score (nSPS) is 26.3. The molecule has 4 atom stereocenters. The minimum absolute atomic E-state index is 0. The molecule has 0 unspecified atom stereocenters. The van der Waals surface area contributed by atoms with Crippen LogP contribution in [0.5, 0.6) is 0 Å². The van der Waals surface area contributed by atoms with E-state index < -0.39 is 23.7 Å². The van der Waals surface area contributed by atoms with Crippen LogP contribution in [0.25, 0.3) is 11.2 Å². The van der Waals surface area contributed by atoms with Gasteiger partial charge in [-0.2, -0.15) is 12.6 Å². The fourth-order valence-corrected chi connectivity index (χ4v) is 2.75. The Morgan fingerprint density at radius 1 is 1.35 bits per heavy atom. The summed E-state index contributed by atoms with van der Waals surface area (Å²) in [6.07, 6.45) is -0.606. The first-order valence-corrected chi connectivity index (χ1v) is 6.63. The van der Waals surface area contributed by atoms with Gasteiger partial charge in [0.05, 0.1) is 24.3 Å². The van der Waals surface area contributed by atoms with Gasteiger partial charge < -0.3 is 20.7 Å². The van der Waals surface area contributed by atoms with Crippen molar-refractivity contribution >= 4 is 118 Å². The van der Waals surface area contributed by atoms with Crippen molar-refractivity contribution in [1.29, 1.82) is 0 Å². The molecule has 0 bridgehead atoms. The summed E-state index contributed by atoms with van der Waals surface area (Å²) in [6, 6.07) is 0. The molecular weight excluding hydrogens is 351 g/mol. The van der Waals surface area contributed by atoms with Crippen LogP contribution in [-0.2, 0) is 4.74 Å². The van der Waals surface area contributed by atoms with Crippen LogP contribution in [0.15, 0.2) is 6.33 Å². The maximum Gasteiger partial charge on any atom is 0.167 e. The molecule has 12 heteroatoms. The second kappa shape index (κ2) is 10.1. The number of anilines is 1. The monoisotopic (exact) mass is 366 g/mol. The number of nitrogens with zero attached hydrogens (tertiary/aromatic N) is 4. The van der Waals surface area contributed by atoms with Crippen LogP contribution in [0.2, 0.25) is 0 Å². The average molecular weight is 366 g/mol. The molecule has 0 aromatic carbocycles. The van der Waals surface area contributed by atoms with Gasteiger partial charge in [-0.25, -0.2) is 15.0 Å². The number of ether oxygens (including phenoxy) is 1. The van der Waals surface area contributed by atoms with Crippen LogP contribution in [0.1, 0.15) is 12.1 Å². The van der Waals surface area contributed by atoms with Crippen molar-refractivity contribution in [3.05, 3.63) is 12.2 Å². The van der Waals surface area contributed by atoms with Gasteiger partial charge in [0.1, 0.15) is 17.4 Å². The Labute approximate surface area is 205 Å². The summed E-state index contributed by atoms with van der Waals surface area (Å²) >= 11 is 4.35. The van der Waals surface area contributed by atoms with E-state index >= 15 is 0 Å². The Kier molecular flexibility index (Phi) is 10.7. The summed E-state index contributed by atoms with van der Waals surface area (Å²) in [6.45, 7) is 1.45. The molecule has 4 N–H and O–H groups in total. The summed E-state index contributed by atoms with van der Waals surface area (Å²) in [5.74, 6) is 0.809. The standard InChI is InChI=1S/C11H15N5O3S.3Na/c1-4-14-9(12)6-10(15-4)16(3-13-6)11-8(20)7(18)5(2-17)19-11;;;/h3,5,7-8,11,17-18,20H,2H2,1H3,(H2,12,14,15);;;/t5-,7-,8-,11-;;;/m1.../s1. The Hall–Kier alpha value is 1.58. The van der Waals surface area contributed by atoms with Crippen molar-refractivity contribution in [2.24, 2.45) is 0 Å². The predicted molar refractivity (Wildman–Crippen MR) is 91.5 cm³/mol. The summed E-state index contributed by atoms with van der Waals surface area (Å²) in [5, 5.41) is 18.6. The van der Waals surface area contributed by atoms with E-state index in [2.05, 4.69) is 27.6 Å². The maximum absolute atomic E-state index is 9.96. The molecule has 1 fully saturated rings. The van der Waals surface area contributed by atoms with E-state index in [9.17, 15) is 10.2 Å². The minimum atomic E-state index is -0.869. The van der Waals surface area contributed by atoms with Gasteiger partial charge in [0.25, 0.3) is 0 Å². The zero-order chi connectivity index (χ0) is 14.4. The van der Waals surface area contributed by atoms with Crippen LogP contribution >= 0.6 is 12.6 Å². The number of nitrogens with two attached hydrogens (primary N) is 1. The molecule has 0 saturated carbocycles. The molecule has 111 valence electrons. The zero-order valence-corrected chi connectivity index (χ0v) is 20.6. The molecule has 3 rings (SSSR count). The van der Waals surface area contributed by atoms with E-state index in [0.717, 1.165) is 0 Å². The molecule has 1 aliphatic heterocycles. The number of aliphatic hydroxyl groups is 2. The molecule has 3 radical (unpaired) electrons. The number of thiol groups is 1. The Balaban J connectivity index is 0.00000161. The fourth-order valence-electron chi connectivity index (χ4n) is 2.35. The molecule has 1 saturated heterocycles. The van der Waals surface area contributed by atoms with Crippen molar-refractivity contribution in [1.82, 2.24) is 19.5 Å². The van der Waals surface area contributed by atoms with Gasteiger partial charge in [-0.3, -0.25) is 4.57 Å². The van der Waals surface area contributed by atoms with Crippen molar-refractivity contribution in [3.63, 3.8) is 0 Å². The van der Waals surface area contributed by atoms with Crippen LogP contribution < -0.4 is 5.73 Å². The number of imidazole rings is 1. The van der Waals surface area contributed by atoms with Crippen LogP contribution in [0.4, 0.5) is 5.82 Å². The number of aromatic nitrogens is 4. The average Bonchev–Trinajstić information content (AvgIpc) is 2.93. The quantitative estimate of drug-likeness (QED) is 0.363. The number of hydrogen-bond donors (Lipinski definition) is 4. The summed E-state index contributed by atoms with van der Waals surface area (Å²) in [4.78, 5) is 12.5. The number of rotatable bonds is 2. The first-order chi connectivity index (χ1) is 9.52. The Bertz CT molecular complexity index is 661. The Morgan fingerprint density at radius 2 is 2.00 bits per heavy atom. The molecular formula is C11H15N5Na3O3S. The van der Waals surface area contributed by atoms with Gasteiger partial charge in [0.15, 0.2) is 17.7 Å². The number of aryl methyl sites for hydroxylation is 1. The SMILES string of the molecule is Cc1nc(N)c2ncn([C@@H]3O[C@H](CO)[C@@H](O)[C@H]3S)c2n1.[Na].[Na].[Na]. The van der Waals surface area contributed by atoms with Gasteiger partial charge in [0, 0.05) is 88.7 Å².